The third kappa shape index (κ3) is 3.75. The Morgan fingerprint density at radius 3 is 2.38 bits per heavy atom. The van der Waals surface area contributed by atoms with E-state index in [1.54, 1.807) is 29.0 Å². The SMILES string of the molecule is C=CCN(CC=C)C(=O)[C@H]1CCC(=O)N(C)[C@H]1c1ccc(C)cc1. The van der Waals surface area contributed by atoms with E-state index in [1.165, 1.54) is 0 Å². The molecule has 2 rings (SSSR count). The Morgan fingerprint density at radius 2 is 1.83 bits per heavy atom. The van der Waals surface area contributed by atoms with Crippen LogP contribution in [0.15, 0.2) is 49.6 Å². The van der Waals surface area contributed by atoms with E-state index in [0.717, 1.165) is 11.1 Å². The van der Waals surface area contributed by atoms with Crippen LogP contribution in [-0.4, -0.2) is 41.8 Å². The fourth-order valence-corrected chi connectivity index (χ4v) is 3.32. The van der Waals surface area contributed by atoms with Crippen LogP contribution in [0.2, 0.25) is 0 Å². The van der Waals surface area contributed by atoms with Crippen LogP contribution in [0.25, 0.3) is 0 Å². The standard InChI is InChI=1S/C20H26N2O2/c1-5-13-22(14-6-2)20(24)17-11-12-18(23)21(4)19(17)16-9-7-15(3)8-10-16/h5-10,17,19H,1-2,11-14H2,3-4H3/t17-,19-/m0/s1. The summed E-state index contributed by atoms with van der Waals surface area (Å²) in [5.74, 6) is -0.0985. The van der Waals surface area contributed by atoms with Crippen molar-refractivity contribution >= 4 is 11.8 Å². The van der Waals surface area contributed by atoms with Gasteiger partial charge in [0, 0.05) is 26.6 Å². The second-order valence-corrected chi connectivity index (χ2v) is 6.33. The topological polar surface area (TPSA) is 40.6 Å². The predicted octanol–water partition coefficient (Wildman–Crippen LogP) is 3.11. The molecule has 128 valence electrons. The van der Waals surface area contributed by atoms with Crippen molar-refractivity contribution in [2.75, 3.05) is 20.1 Å². The molecule has 0 spiro atoms. The number of benzene rings is 1. The minimum absolute atomic E-state index is 0.0553. The van der Waals surface area contributed by atoms with Crippen LogP contribution in [0, 0.1) is 12.8 Å². The number of amides is 2. The zero-order valence-corrected chi connectivity index (χ0v) is 14.6. The van der Waals surface area contributed by atoms with Crippen molar-refractivity contribution in [3.8, 4) is 0 Å². The largest absolute Gasteiger partial charge is 0.338 e. The lowest BCUT2D eigenvalue weighted by atomic mass is 9.83. The predicted molar refractivity (Wildman–Crippen MR) is 96.4 cm³/mol. The molecule has 0 N–H and O–H groups in total. The lowest BCUT2D eigenvalue weighted by molar-refractivity contribution is -0.146. The summed E-state index contributed by atoms with van der Waals surface area (Å²) < 4.78 is 0. The van der Waals surface area contributed by atoms with Crippen molar-refractivity contribution in [3.05, 3.63) is 60.7 Å². The fraction of sp³-hybridized carbons (Fsp3) is 0.400. The Labute approximate surface area is 144 Å². The van der Waals surface area contributed by atoms with Gasteiger partial charge in [-0.2, -0.15) is 0 Å². The smallest absolute Gasteiger partial charge is 0.228 e. The molecule has 1 saturated heterocycles. The van der Waals surface area contributed by atoms with Gasteiger partial charge in [0.1, 0.15) is 0 Å². The van der Waals surface area contributed by atoms with Gasteiger partial charge in [0.25, 0.3) is 0 Å². The number of carbonyl (C=O) groups excluding carboxylic acids is 2. The summed E-state index contributed by atoms with van der Waals surface area (Å²) in [6.07, 6.45) is 4.43. The first kappa shape index (κ1) is 18.0. The van der Waals surface area contributed by atoms with Crippen molar-refractivity contribution in [1.82, 2.24) is 9.80 Å². The lowest BCUT2D eigenvalue weighted by Crippen LogP contribution is -2.47. The number of aryl methyl sites for hydroxylation is 1. The van der Waals surface area contributed by atoms with Gasteiger partial charge in [-0.1, -0.05) is 42.0 Å². The molecule has 4 heteroatoms. The summed E-state index contributed by atoms with van der Waals surface area (Å²) >= 11 is 0. The van der Waals surface area contributed by atoms with E-state index >= 15 is 0 Å². The first-order valence-electron chi connectivity index (χ1n) is 8.32. The maximum atomic E-state index is 13.1. The Morgan fingerprint density at radius 1 is 1.25 bits per heavy atom. The third-order valence-corrected chi connectivity index (χ3v) is 4.61. The number of piperidine rings is 1. The zero-order valence-electron chi connectivity index (χ0n) is 14.6. The molecule has 0 unspecified atom stereocenters. The van der Waals surface area contributed by atoms with E-state index in [4.69, 9.17) is 0 Å². The number of carbonyl (C=O) groups is 2. The van der Waals surface area contributed by atoms with Gasteiger partial charge < -0.3 is 9.80 Å². The van der Waals surface area contributed by atoms with E-state index < -0.39 is 0 Å². The van der Waals surface area contributed by atoms with Gasteiger partial charge in [0.15, 0.2) is 0 Å². The minimum Gasteiger partial charge on any atom is -0.338 e. The summed E-state index contributed by atoms with van der Waals surface area (Å²) in [5.41, 5.74) is 2.16. The monoisotopic (exact) mass is 326 g/mol. The average molecular weight is 326 g/mol. The van der Waals surface area contributed by atoms with Crippen LogP contribution < -0.4 is 0 Å². The molecule has 0 aromatic heterocycles. The highest BCUT2D eigenvalue weighted by Crippen LogP contribution is 2.37. The summed E-state index contributed by atoms with van der Waals surface area (Å²) in [6, 6.07) is 7.85. The van der Waals surface area contributed by atoms with Gasteiger partial charge >= 0.3 is 0 Å². The zero-order chi connectivity index (χ0) is 17.7. The highest BCUT2D eigenvalue weighted by atomic mass is 16.2. The van der Waals surface area contributed by atoms with E-state index in [1.807, 2.05) is 31.2 Å². The number of rotatable bonds is 6. The van der Waals surface area contributed by atoms with Gasteiger partial charge in [-0.05, 0) is 18.9 Å². The number of hydrogen-bond acceptors (Lipinski definition) is 2. The number of likely N-dealkylation sites (tertiary alicyclic amines) is 1. The Bertz CT molecular complexity index is 611. The van der Waals surface area contributed by atoms with Crippen LogP contribution in [0.5, 0.6) is 0 Å². The Balaban J connectivity index is 2.35. The molecule has 0 aliphatic carbocycles. The van der Waals surface area contributed by atoms with Crippen molar-refractivity contribution in [1.29, 1.82) is 0 Å². The number of hydrogen-bond donors (Lipinski definition) is 0. The highest BCUT2D eigenvalue weighted by molar-refractivity contribution is 5.85. The molecule has 2 atom stereocenters. The quantitative estimate of drug-likeness (QED) is 0.754. The van der Waals surface area contributed by atoms with E-state index in [-0.39, 0.29) is 23.8 Å². The fourth-order valence-electron chi connectivity index (χ4n) is 3.32. The molecule has 1 fully saturated rings. The third-order valence-electron chi connectivity index (χ3n) is 4.61. The first-order valence-corrected chi connectivity index (χ1v) is 8.32. The molecule has 1 aliphatic heterocycles. The van der Waals surface area contributed by atoms with Gasteiger partial charge in [-0.25, -0.2) is 0 Å². The van der Waals surface area contributed by atoms with E-state index in [0.29, 0.717) is 25.9 Å². The van der Waals surface area contributed by atoms with Crippen molar-refractivity contribution < 1.29 is 9.59 Å². The van der Waals surface area contributed by atoms with Crippen LogP contribution in [-0.2, 0) is 9.59 Å². The van der Waals surface area contributed by atoms with Crippen molar-refractivity contribution in [3.63, 3.8) is 0 Å². The minimum atomic E-state index is -0.240. The summed E-state index contributed by atoms with van der Waals surface area (Å²) in [6.45, 7) is 10.5. The molecular formula is C20H26N2O2. The molecule has 0 bridgehead atoms. The van der Waals surface area contributed by atoms with Gasteiger partial charge in [0.2, 0.25) is 11.8 Å². The maximum Gasteiger partial charge on any atom is 0.228 e. The van der Waals surface area contributed by atoms with E-state index in [9.17, 15) is 9.59 Å². The molecule has 4 nitrogen and oxygen atoms in total. The summed E-state index contributed by atoms with van der Waals surface area (Å²) in [7, 11) is 1.79. The molecule has 0 saturated carbocycles. The number of nitrogens with zero attached hydrogens (tertiary/aromatic N) is 2. The van der Waals surface area contributed by atoms with Crippen LogP contribution in [0.3, 0.4) is 0 Å². The Kier molecular flexibility index (Phi) is 5.96. The van der Waals surface area contributed by atoms with Gasteiger partial charge in [0.05, 0.1) is 12.0 Å². The molecule has 2 amide bonds. The molecule has 1 aromatic carbocycles. The summed E-state index contributed by atoms with van der Waals surface area (Å²) in [4.78, 5) is 28.7. The highest BCUT2D eigenvalue weighted by Gasteiger charge is 2.40. The average Bonchev–Trinajstić information content (AvgIpc) is 2.57. The molecule has 1 aromatic rings. The second kappa shape index (κ2) is 7.95. The van der Waals surface area contributed by atoms with Crippen LogP contribution in [0.4, 0.5) is 0 Å². The van der Waals surface area contributed by atoms with Crippen molar-refractivity contribution in [2.45, 2.75) is 25.8 Å². The molecule has 1 heterocycles. The van der Waals surface area contributed by atoms with Crippen LogP contribution >= 0.6 is 0 Å². The van der Waals surface area contributed by atoms with Gasteiger partial charge in [-0.3, -0.25) is 9.59 Å². The molecule has 1 aliphatic rings. The molecule has 0 radical (unpaired) electrons. The molecule has 24 heavy (non-hydrogen) atoms. The Hall–Kier alpha value is -2.36. The maximum absolute atomic E-state index is 13.1. The second-order valence-electron chi connectivity index (χ2n) is 6.33. The van der Waals surface area contributed by atoms with E-state index in [2.05, 4.69) is 13.2 Å². The normalized spacial score (nSPS) is 20.6. The lowest BCUT2D eigenvalue weighted by Gasteiger charge is -2.40. The first-order chi connectivity index (χ1) is 11.5. The summed E-state index contributed by atoms with van der Waals surface area (Å²) in [5, 5.41) is 0. The van der Waals surface area contributed by atoms with Crippen LogP contribution in [0.1, 0.15) is 30.0 Å². The van der Waals surface area contributed by atoms with Crippen molar-refractivity contribution in [2.24, 2.45) is 5.92 Å². The molecular weight excluding hydrogens is 300 g/mol. The van der Waals surface area contributed by atoms with Gasteiger partial charge in [-0.15, -0.1) is 13.2 Å².